The Morgan fingerprint density at radius 3 is 2.45 bits per heavy atom. The first-order valence-corrected chi connectivity index (χ1v) is 10.5. The molecular weight excluding hydrogens is 402 g/mol. The van der Waals surface area contributed by atoms with Gasteiger partial charge in [0, 0.05) is 11.4 Å². The maximum Gasteiger partial charge on any atom is 0.259 e. The molecule has 1 aliphatic heterocycles. The molecule has 1 heterocycles. The number of nitrogens with zero attached hydrogens (tertiary/aromatic N) is 3. The molecule has 1 amide bonds. The van der Waals surface area contributed by atoms with E-state index >= 15 is 0 Å². The quantitative estimate of drug-likeness (QED) is 0.317. The van der Waals surface area contributed by atoms with Crippen molar-refractivity contribution >= 4 is 52.9 Å². The summed E-state index contributed by atoms with van der Waals surface area (Å²) in [6, 6.07) is 13.4. The van der Waals surface area contributed by atoms with E-state index in [9.17, 15) is 4.79 Å². The number of rotatable bonds is 5. The highest BCUT2D eigenvalue weighted by molar-refractivity contribution is 7.81. The van der Waals surface area contributed by atoms with Crippen molar-refractivity contribution in [1.29, 1.82) is 0 Å². The highest BCUT2D eigenvalue weighted by Gasteiger charge is 2.59. The van der Waals surface area contributed by atoms with E-state index in [0.29, 0.717) is 23.3 Å². The second-order valence-corrected chi connectivity index (χ2v) is 7.99. The second-order valence-electron chi connectivity index (χ2n) is 7.37. The van der Waals surface area contributed by atoms with Crippen LogP contribution in [-0.4, -0.2) is 22.5 Å². The Morgan fingerprint density at radius 2 is 1.90 bits per heavy atom. The van der Waals surface area contributed by atoms with Gasteiger partial charge in [-0.2, -0.15) is 12.6 Å². The van der Waals surface area contributed by atoms with Crippen molar-refractivity contribution in [3.63, 3.8) is 0 Å². The molecule has 148 valence electrons. The van der Waals surface area contributed by atoms with Gasteiger partial charge >= 0.3 is 0 Å². The largest absolute Gasteiger partial charge is 0.366 e. The topological polar surface area (TPSA) is 37.1 Å². The molecule has 0 unspecified atom stereocenters. The van der Waals surface area contributed by atoms with Crippen LogP contribution >= 0.6 is 24.8 Å². The fourth-order valence-electron chi connectivity index (χ4n) is 4.02. The van der Waals surface area contributed by atoms with Crippen LogP contribution in [0.1, 0.15) is 30.4 Å². The molecule has 1 saturated carbocycles. The number of aryl methyl sites for hydroxylation is 1. The summed E-state index contributed by atoms with van der Waals surface area (Å²) in [5, 5.41) is 0.490. The lowest BCUT2D eigenvalue weighted by Crippen LogP contribution is -2.55. The van der Waals surface area contributed by atoms with Gasteiger partial charge in [0.05, 0.1) is 19.1 Å². The lowest BCUT2D eigenvalue weighted by Gasteiger charge is -2.43. The van der Waals surface area contributed by atoms with Crippen LogP contribution in [0.2, 0.25) is 0 Å². The molecule has 1 aliphatic carbocycles. The summed E-state index contributed by atoms with van der Waals surface area (Å²) in [7, 11) is 0. The van der Waals surface area contributed by atoms with Gasteiger partial charge in [0.1, 0.15) is 5.54 Å². The molecular formula is C22H21N3O2S2. The predicted molar refractivity (Wildman–Crippen MR) is 122 cm³/mol. The number of hydrogen-bond donors (Lipinski definition) is 1. The van der Waals surface area contributed by atoms with Gasteiger partial charge in [0.25, 0.3) is 5.91 Å². The second kappa shape index (κ2) is 7.79. The number of amides is 1. The normalized spacial score (nSPS) is 17.6. The number of anilines is 2. The van der Waals surface area contributed by atoms with E-state index in [0.717, 1.165) is 41.8 Å². The molecule has 2 aromatic rings. The van der Waals surface area contributed by atoms with Crippen molar-refractivity contribution in [2.24, 2.45) is 0 Å². The number of benzene rings is 2. The van der Waals surface area contributed by atoms with Crippen LogP contribution in [0.15, 0.2) is 42.5 Å². The SMILES string of the molecule is [C-]#[N+]c1ccc(N2C(=O)C3(CCC3)N(c3ccc(COCS)cc3)C2=S)cc1C. The molecule has 1 spiro atoms. The van der Waals surface area contributed by atoms with Crippen molar-refractivity contribution in [2.45, 2.75) is 38.3 Å². The standard InChI is InChI=1S/C22H21N3O2S2/c1-15-12-18(8-9-19(15)23-2)24-20(26)22(10-3-11-22)25(21(24)29)17-6-4-16(5-7-17)13-27-14-28/h4-9,12,28H,3,10-11,13-14H2,1H3. The van der Waals surface area contributed by atoms with Gasteiger partial charge in [-0.3, -0.25) is 9.69 Å². The summed E-state index contributed by atoms with van der Waals surface area (Å²) < 4.78 is 5.34. The molecule has 29 heavy (non-hydrogen) atoms. The van der Waals surface area contributed by atoms with Crippen molar-refractivity contribution in [3.05, 3.63) is 65.0 Å². The number of carbonyl (C=O) groups is 1. The van der Waals surface area contributed by atoms with Crippen molar-refractivity contribution in [1.82, 2.24) is 0 Å². The van der Waals surface area contributed by atoms with Crippen LogP contribution in [0.5, 0.6) is 0 Å². The van der Waals surface area contributed by atoms with Crippen LogP contribution in [-0.2, 0) is 16.1 Å². The van der Waals surface area contributed by atoms with E-state index in [1.54, 1.807) is 17.0 Å². The molecule has 0 bridgehead atoms. The van der Waals surface area contributed by atoms with Gasteiger partial charge in [-0.05, 0) is 73.8 Å². The minimum absolute atomic E-state index is 0.0196. The minimum atomic E-state index is -0.605. The van der Waals surface area contributed by atoms with Gasteiger partial charge in [-0.25, -0.2) is 4.85 Å². The maximum atomic E-state index is 13.5. The molecule has 2 aromatic carbocycles. The Kier molecular flexibility index (Phi) is 5.34. The van der Waals surface area contributed by atoms with Gasteiger partial charge in [-0.15, -0.1) is 0 Å². The summed E-state index contributed by atoms with van der Waals surface area (Å²) >= 11 is 9.86. The molecule has 5 nitrogen and oxygen atoms in total. The average Bonchev–Trinajstić information content (AvgIpc) is 2.93. The van der Waals surface area contributed by atoms with E-state index in [-0.39, 0.29) is 5.91 Å². The Labute approximate surface area is 181 Å². The maximum absolute atomic E-state index is 13.5. The fraction of sp³-hybridized carbons (Fsp3) is 0.318. The first-order chi connectivity index (χ1) is 14.0. The Balaban J connectivity index is 1.70. The Morgan fingerprint density at radius 1 is 1.21 bits per heavy atom. The molecule has 2 aliphatic rings. The van der Waals surface area contributed by atoms with Gasteiger partial charge in [0.2, 0.25) is 0 Å². The third kappa shape index (κ3) is 3.21. The zero-order valence-corrected chi connectivity index (χ0v) is 17.8. The van der Waals surface area contributed by atoms with Crippen molar-refractivity contribution in [3.8, 4) is 0 Å². The Bertz CT molecular complexity index is 1010. The number of thiocarbonyl (C=S) groups is 1. The molecule has 2 fully saturated rings. The summed E-state index contributed by atoms with van der Waals surface area (Å²) in [6.45, 7) is 9.62. The van der Waals surface area contributed by atoms with E-state index in [1.165, 1.54) is 0 Å². The summed E-state index contributed by atoms with van der Waals surface area (Å²) in [4.78, 5) is 20.6. The van der Waals surface area contributed by atoms with Gasteiger partial charge in [-0.1, -0.05) is 18.2 Å². The number of ether oxygens (including phenoxy) is 1. The van der Waals surface area contributed by atoms with Gasteiger partial charge in [0.15, 0.2) is 10.8 Å². The van der Waals surface area contributed by atoms with Crippen LogP contribution in [0, 0.1) is 13.5 Å². The lowest BCUT2D eigenvalue weighted by molar-refractivity contribution is -0.123. The first kappa shape index (κ1) is 19.9. The molecule has 0 aromatic heterocycles. The summed E-state index contributed by atoms with van der Waals surface area (Å²) in [5.41, 5.74) is 3.49. The monoisotopic (exact) mass is 423 g/mol. The highest BCUT2D eigenvalue weighted by Crippen LogP contribution is 2.48. The van der Waals surface area contributed by atoms with Crippen LogP contribution < -0.4 is 9.80 Å². The van der Waals surface area contributed by atoms with E-state index < -0.39 is 5.54 Å². The first-order valence-electron chi connectivity index (χ1n) is 9.46. The fourth-order valence-corrected chi connectivity index (χ4v) is 4.58. The molecule has 1 saturated heterocycles. The smallest absolute Gasteiger partial charge is 0.259 e. The Hall–Kier alpha value is -2.40. The third-order valence-corrected chi connectivity index (χ3v) is 6.25. The van der Waals surface area contributed by atoms with Crippen molar-refractivity contribution < 1.29 is 9.53 Å². The zero-order valence-electron chi connectivity index (χ0n) is 16.1. The lowest BCUT2D eigenvalue weighted by atomic mass is 9.75. The van der Waals surface area contributed by atoms with Gasteiger partial charge < -0.3 is 9.64 Å². The van der Waals surface area contributed by atoms with E-state index in [4.69, 9.17) is 23.5 Å². The van der Waals surface area contributed by atoms with Crippen LogP contribution in [0.3, 0.4) is 0 Å². The van der Waals surface area contributed by atoms with Crippen molar-refractivity contribution in [2.75, 3.05) is 15.7 Å². The molecule has 0 atom stereocenters. The highest BCUT2D eigenvalue weighted by atomic mass is 32.1. The average molecular weight is 424 g/mol. The summed E-state index contributed by atoms with van der Waals surface area (Å²) in [5.74, 6) is 0.391. The number of thiol groups is 1. The van der Waals surface area contributed by atoms with E-state index in [2.05, 4.69) is 17.5 Å². The molecule has 0 N–H and O–H groups in total. The number of hydrogen-bond acceptors (Lipinski definition) is 4. The van der Waals surface area contributed by atoms with Crippen LogP contribution in [0.25, 0.3) is 4.85 Å². The van der Waals surface area contributed by atoms with E-state index in [1.807, 2.05) is 42.2 Å². The summed E-state index contributed by atoms with van der Waals surface area (Å²) in [6.07, 6.45) is 2.57. The molecule has 4 rings (SSSR count). The van der Waals surface area contributed by atoms with Crippen LogP contribution in [0.4, 0.5) is 17.1 Å². The molecule has 0 radical (unpaired) electrons. The molecule has 7 heteroatoms. The number of carbonyl (C=O) groups excluding carboxylic acids is 1. The third-order valence-electron chi connectivity index (χ3n) is 5.71. The predicted octanol–water partition coefficient (Wildman–Crippen LogP) is 5.01. The zero-order chi connectivity index (χ0) is 20.6. The minimum Gasteiger partial charge on any atom is -0.366 e.